The second kappa shape index (κ2) is 4.54. The lowest BCUT2D eigenvalue weighted by molar-refractivity contribution is 0.526. The highest BCUT2D eigenvalue weighted by molar-refractivity contribution is 5.85. The third kappa shape index (κ3) is 3.05. The molecule has 0 saturated heterocycles. The molecule has 0 heterocycles. The summed E-state index contributed by atoms with van der Waals surface area (Å²) in [5.74, 6) is 0.860. The van der Waals surface area contributed by atoms with Crippen molar-refractivity contribution in [1.29, 1.82) is 5.26 Å². The molecule has 10 heavy (non-hydrogen) atoms. The van der Waals surface area contributed by atoms with Crippen LogP contribution >= 0.6 is 12.4 Å². The summed E-state index contributed by atoms with van der Waals surface area (Å²) in [5, 5.41) is 11.3. The molecule has 0 amide bonds. The van der Waals surface area contributed by atoms with Crippen LogP contribution in [0, 0.1) is 17.2 Å². The number of hydrogen-bond acceptors (Lipinski definition) is 2. The van der Waals surface area contributed by atoms with Crippen molar-refractivity contribution in [2.24, 2.45) is 5.92 Å². The van der Waals surface area contributed by atoms with E-state index in [1.807, 2.05) is 0 Å². The Labute approximate surface area is 68.0 Å². The summed E-state index contributed by atoms with van der Waals surface area (Å²) in [6.07, 6.45) is 2.69. The molecular weight excluding hydrogens is 148 g/mol. The number of nitriles is 1. The molecule has 0 radical (unpaired) electrons. The fourth-order valence-corrected chi connectivity index (χ4v) is 0.970. The predicted molar refractivity (Wildman–Crippen MR) is 43.0 cm³/mol. The van der Waals surface area contributed by atoms with Crippen LogP contribution in [0.5, 0.6) is 0 Å². The van der Waals surface area contributed by atoms with Crippen LogP contribution in [0.4, 0.5) is 0 Å². The summed E-state index contributed by atoms with van der Waals surface area (Å²) >= 11 is 0. The minimum atomic E-state index is 0. The highest BCUT2D eigenvalue weighted by Crippen LogP contribution is 2.31. The first-order valence-corrected chi connectivity index (χ1v) is 3.45. The topological polar surface area (TPSA) is 35.8 Å². The summed E-state index contributed by atoms with van der Waals surface area (Å²) in [6, 6.07) is 2.63. The molecule has 0 aliphatic heterocycles. The Morgan fingerprint density at radius 2 is 2.30 bits per heavy atom. The molecule has 1 aliphatic carbocycles. The molecule has 1 fully saturated rings. The van der Waals surface area contributed by atoms with E-state index in [9.17, 15) is 0 Å². The molecule has 1 aliphatic rings. The smallest absolute Gasteiger partial charge is 0.0843 e. The van der Waals surface area contributed by atoms with Gasteiger partial charge in [0, 0.05) is 6.04 Å². The van der Waals surface area contributed by atoms with Crippen molar-refractivity contribution >= 4 is 12.4 Å². The van der Waals surface area contributed by atoms with E-state index in [1.165, 1.54) is 12.8 Å². The van der Waals surface area contributed by atoms with Crippen LogP contribution in [0.15, 0.2) is 0 Å². The van der Waals surface area contributed by atoms with Crippen LogP contribution in [-0.4, -0.2) is 12.6 Å². The first kappa shape index (κ1) is 9.74. The average Bonchev–Trinajstić information content (AvgIpc) is 2.63. The van der Waals surface area contributed by atoms with Crippen molar-refractivity contribution in [2.75, 3.05) is 6.54 Å². The van der Waals surface area contributed by atoms with E-state index in [0.29, 0.717) is 12.6 Å². The maximum absolute atomic E-state index is 8.20. The molecule has 3 heteroatoms. The van der Waals surface area contributed by atoms with Gasteiger partial charge in [0.2, 0.25) is 0 Å². The van der Waals surface area contributed by atoms with Crippen LogP contribution in [0.2, 0.25) is 0 Å². The zero-order chi connectivity index (χ0) is 6.69. The van der Waals surface area contributed by atoms with E-state index in [2.05, 4.69) is 18.3 Å². The maximum atomic E-state index is 8.20. The SMILES string of the molecule is CC(NCC#N)C1CC1.Cl. The third-order valence-electron chi connectivity index (χ3n) is 1.83. The maximum Gasteiger partial charge on any atom is 0.0843 e. The molecule has 0 aromatic carbocycles. The normalized spacial score (nSPS) is 18.8. The molecule has 58 valence electrons. The van der Waals surface area contributed by atoms with Gasteiger partial charge >= 0.3 is 0 Å². The second-order valence-corrected chi connectivity index (χ2v) is 2.67. The van der Waals surface area contributed by atoms with Crippen LogP contribution in [-0.2, 0) is 0 Å². The third-order valence-corrected chi connectivity index (χ3v) is 1.83. The Morgan fingerprint density at radius 1 is 1.70 bits per heavy atom. The number of halogens is 1. The van der Waals surface area contributed by atoms with Crippen molar-refractivity contribution in [2.45, 2.75) is 25.8 Å². The van der Waals surface area contributed by atoms with Gasteiger partial charge in [0.25, 0.3) is 0 Å². The van der Waals surface area contributed by atoms with E-state index in [-0.39, 0.29) is 12.4 Å². The van der Waals surface area contributed by atoms with Crippen LogP contribution in [0.1, 0.15) is 19.8 Å². The van der Waals surface area contributed by atoms with Gasteiger partial charge < -0.3 is 5.32 Å². The lowest BCUT2D eigenvalue weighted by Gasteiger charge is -2.07. The van der Waals surface area contributed by atoms with Gasteiger partial charge in [0.15, 0.2) is 0 Å². The Kier molecular flexibility index (Phi) is 4.42. The summed E-state index contributed by atoms with van der Waals surface area (Å²) < 4.78 is 0. The molecular formula is C7H13ClN2. The Bertz CT molecular complexity index is 126. The first-order chi connectivity index (χ1) is 4.34. The number of nitrogens with one attached hydrogen (secondary N) is 1. The van der Waals surface area contributed by atoms with Crippen molar-refractivity contribution in [1.82, 2.24) is 5.32 Å². The van der Waals surface area contributed by atoms with Gasteiger partial charge in [0.1, 0.15) is 0 Å². The van der Waals surface area contributed by atoms with Gasteiger partial charge in [-0.2, -0.15) is 5.26 Å². The quantitative estimate of drug-likeness (QED) is 0.633. The standard InChI is InChI=1S/C7H12N2.ClH/c1-6(7-2-3-7)9-5-4-8;/h6-7,9H,2-3,5H2,1H3;1H. The minimum absolute atomic E-state index is 0. The average molecular weight is 161 g/mol. The van der Waals surface area contributed by atoms with Gasteiger partial charge in [-0.1, -0.05) is 0 Å². The zero-order valence-electron chi connectivity index (χ0n) is 6.13. The molecule has 1 saturated carbocycles. The Hall–Kier alpha value is -0.260. The molecule has 0 spiro atoms. The minimum Gasteiger partial charge on any atom is -0.302 e. The van der Waals surface area contributed by atoms with Crippen molar-refractivity contribution in [3.05, 3.63) is 0 Å². The lowest BCUT2D eigenvalue weighted by atomic mass is 10.2. The zero-order valence-corrected chi connectivity index (χ0v) is 6.95. The highest BCUT2D eigenvalue weighted by atomic mass is 35.5. The Morgan fingerprint density at radius 3 is 2.70 bits per heavy atom. The monoisotopic (exact) mass is 160 g/mol. The summed E-state index contributed by atoms with van der Waals surface area (Å²) in [5.41, 5.74) is 0. The van der Waals surface area contributed by atoms with Gasteiger partial charge in [-0.3, -0.25) is 0 Å². The summed E-state index contributed by atoms with van der Waals surface area (Å²) in [6.45, 7) is 2.65. The fraction of sp³-hybridized carbons (Fsp3) is 0.857. The van der Waals surface area contributed by atoms with E-state index >= 15 is 0 Å². The van der Waals surface area contributed by atoms with Crippen LogP contribution < -0.4 is 5.32 Å². The molecule has 1 unspecified atom stereocenters. The largest absolute Gasteiger partial charge is 0.302 e. The van der Waals surface area contributed by atoms with Gasteiger partial charge in [-0.15, -0.1) is 12.4 Å². The number of rotatable bonds is 3. The highest BCUT2D eigenvalue weighted by Gasteiger charge is 2.26. The molecule has 1 rings (SSSR count). The first-order valence-electron chi connectivity index (χ1n) is 3.45. The molecule has 0 aromatic rings. The van der Waals surface area contributed by atoms with E-state index in [4.69, 9.17) is 5.26 Å². The second-order valence-electron chi connectivity index (χ2n) is 2.67. The van der Waals surface area contributed by atoms with E-state index in [0.717, 1.165) is 5.92 Å². The van der Waals surface area contributed by atoms with Crippen LogP contribution in [0.3, 0.4) is 0 Å². The van der Waals surface area contributed by atoms with Crippen molar-refractivity contribution < 1.29 is 0 Å². The number of nitrogens with zero attached hydrogens (tertiary/aromatic N) is 1. The molecule has 0 bridgehead atoms. The lowest BCUT2D eigenvalue weighted by Crippen LogP contribution is -2.27. The summed E-state index contributed by atoms with van der Waals surface area (Å²) in [4.78, 5) is 0. The van der Waals surface area contributed by atoms with Crippen molar-refractivity contribution in [3.8, 4) is 6.07 Å². The van der Waals surface area contributed by atoms with Gasteiger partial charge in [-0.25, -0.2) is 0 Å². The summed E-state index contributed by atoms with van der Waals surface area (Å²) in [7, 11) is 0. The van der Waals surface area contributed by atoms with E-state index < -0.39 is 0 Å². The van der Waals surface area contributed by atoms with Crippen molar-refractivity contribution in [3.63, 3.8) is 0 Å². The number of hydrogen-bond donors (Lipinski definition) is 1. The molecule has 1 N–H and O–H groups in total. The Balaban J connectivity index is 0.000000810. The van der Waals surface area contributed by atoms with Gasteiger partial charge in [0.05, 0.1) is 12.6 Å². The fourth-order valence-electron chi connectivity index (χ4n) is 0.970. The van der Waals surface area contributed by atoms with Crippen LogP contribution in [0.25, 0.3) is 0 Å². The molecule has 1 atom stereocenters. The molecule has 0 aromatic heterocycles. The van der Waals surface area contributed by atoms with E-state index in [1.54, 1.807) is 0 Å². The van der Waals surface area contributed by atoms with Gasteiger partial charge in [-0.05, 0) is 25.7 Å². The molecule has 2 nitrogen and oxygen atoms in total. The predicted octanol–water partition coefficient (Wildman–Crippen LogP) is 1.32.